The lowest BCUT2D eigenvalue weighted by Gasteiger charge is -2.25. The van der Waals surface area contributed by atoms with Crippen LogP contribution in [0.25, 0.3) is 22.2 Å². The molecule has 1 unspecified atom stereocenters. The SMILES string of the molecule is CC(C)(C)C(N)C(=O)Nc1ccc2[nH]nc(-c3cccc(S(N)(=O)=O)c3)c2c1.O=C(O)C(F)(F)F. The van der Waals surface area contributed by atoms with Crippen LogP contribution in [-0.2, 0) is 19.6 Å². The van der Waals surface area contributed by atoms with Crippen LogP contribution in [0.3, 0.4) is 0 Å². The molecular formula is C21H24F3N5O5S. The first-order chi connectivity index (χ1) is 15.9. The number of aromatic nitrogens is 2. The smallest absolute Gasteiger partial charge is 0.475 e. The number of sulfonamides is 1. The minimum absolute atomic E-state index is 0.00163. The summed E-state index contributed by atoms with van der Waals surface area (Å²) >= 11 is 0. The van der Waals surface area contributed by atoms with E-state index < -0.39 is 28.2 Å². The molecule has 1 aromatic heterocycles. The van der Waals surface area contributed by atoms with Gasteiger partial charge in [0.15, 0.2) is 0 Å². The van der Waals surface area contributed by atoms with Crippen molar-refractivity contribution in [3.8, 4) is 11.3 Å². The molecule has 1 heterocycles. The zero-order chi connectivity index (χ0) is 26.8. The molecular weight excluding hydrogens is 491 g/mol. The standard InChI is InChI=1S/C19H23N5O3S.C2HF3O2/c1-19(2,3)17(20)18(25)22-12-7-8-15-14(10-12)16(24-23-15)11-5-4-6-13(9-11)28(21,26)27;3-2(4,5)1(6)7/h4-10,17H,20H2,1-3H3,(H,22,25)(H,23,24)(H2,21,26,27);(H,6,7). The number of carbonyl (C=O) groups excluding carboxylic acids is 1. The van der Waals surface area contributed by atoms with Crippen molar-refractivity contribution in [2.75, 3.05) is 5.32 Å². The largest absolute Gasteiger partial charge is 0.490 e. The molecule has 1 amide bonds. The molecule has 0 aliphatic carbocycles. The third-order valence-electron chi connectivity index (χ3n) is 4.72. The van der Waals surface area contributed by atoms with Gasteiger partial charge in [-0.1, -0.05) is 32.9 Å². The van der Waals surface area contributed by atoms with E-state index in [0.29, 0.717) is 16.9 Å². The highest BCUT2D eigenvalue weighted by Crippen LogP contribution is 2.30. The average Bonchev–Trinajstić information content (AvgIpc) is 3.15. The molecule has 0 radical (unpaired) electrons. The Kier molecular flexibility index (Phi) is 7.94. The van der Waals surface area contributed by atoms with Gasteiger partial charge in [0.05, 0.1) is 16.5 Å². The number of carbonyl (C=O) groups is 2. The number of halogens is 3. The van der Waals surface area contributed by atoms with Crippen molar-refractivity contribution < 1.29 is 36.3 Å². The molecule has 0 spiro atoms. The van der Waals surface area contributed by atoms with E-state index >= 15 is 0 Å². The number of benzene rings is 2. The summed E-state index contributed by atoms with van der Waals surface area (Å²) < 4.78 is 55.0. The number of nitrogens with zero attached hydrogens (tertiary/aromatic N) is 1. The molecule has 3 aromatic rings. The Morgan fingerprint density at radius 1 is 1.11 bits per heavy atom. The number of H-pyrrole nitrogens is 1. The van der Waals surface area contributed by atoms with Crippen molar-refractivity contribution in [2.45, 2.75) is 37.9 Å². The molecule has 1 atom stereocenters. The summed E-state index contributed by atoms with van der Waals surface area (Å²) in [6, 6.07) is 10.9. The average molecular weight is 516 g/mol. The molecule has 0 saturated carbocycles. The maximum atomic E-state index is 12.4. The number of alkyl halides is 3. The summed E-state index contributed by atoms with van der Waals surface area (Å²) in [5, 5.41) is 23.1. The number of fused-ring (bicyclic) bond motifs is 1. The summed E-state index contributed by atoms with van der Waals surface area (Å²) in [4.78, 5) is 21.3. The highest BCUT2D eigenvalue weighted by Gasteiger charge is 2.38. The number of aliphatic carboxylic acids is 1. The van der Waals surface area contributed by atoms with Crippen LogP contribution in [0.4, 0.5) is 18.9 Å². The summed E-state index contributed by atoms with van der Waals surface area (Å²) in [5.41, 5.74) is 8.10. The molecule has 10 nitrogen and oxygen atoms in total. The van der Waals surface area contributed by atoms with Crippen molar-refractivity contribution in [3.63, 3.8) is 0 Å². The third kappa shape index (κ3) is 7.24. The third-order valence-corrected chi connectivity index (χ3v) is 5.64. The summed E-state index contributed by atoms with van der Waals surface area (Å²) in [6.45, 7) is 5.69. The van der Waals surface area contributed by atoms with Crippen molar-refractivity contribution >= 4 is 38.5 Å². The summed E-state index contributed by atoms with van der Waals surface area (Å²) in [6.07, 6.45) is -5.08. The van der Waals surface area contributed by atoms with E-state index in [0.717, 1.165) is 10.9 Å². The fraction of sp³-hybridized carbons (Fsp3) is 0.286. The fourth-order valence-electron chi connectivity index (χ4n) is 2.75. The van der Waals surface area contributed by atoms with Crippen LogP contribution in [0, 0.1) is 5.41 Å². The Bertz CT molecular complexity index is 1350. The van der Waals surface area contributed by atoms with Crippen LogP contribution in [0.5, 0.6) is 0 Å². The Labute approximate surface area is 198 Å². The van der Waals surface area contributed by atoms with Gasteiger partial charge < -0.3 is 16.2 Å². The van der Waals surface area contributed by atoms with Gasteiger partial charge in [-0.15, -0.1) is 0 Å². The summed E-state index contributed by atoms with van der Waals surface area (Å²) in [7, 11) is -3.83. The van der Waals surface area contributed by atoms with Crippen molar-refractivity contribution in [1.29, 1.82) is 0 Å². The Morgan fingerprint density at radius 3 is 2.23 bits per heavy atom. The van der Waals surface area contributed by atoms with Crippen LogP contribution >= 0.6 is 0 Å². The number of anilines is 1. The number of carboxylic acid groups (broad SMARTS) is 1. The number of nitrogens with two attached hydrogens (primary N) is 2. The van der Waals surface area contributed by atoms with E-state index in [2.05, 4.69) is 15.5 Å². The number of carboxylic acids is 1. The first-order valence-electron chi connectivity index (χ1n) is 9.89. The molecule has 35 heavy (non-hydrogen) atoms. The highest BCUT2D eigenvalue weighted by atomic mass is 32.2. The maximum absolute atomic E-state index is 12.4. The summed E-state index contributed by atoms with van der Waals surface area (Å²) in [5.74, 6) is -3.04. The number of primary sulfonamides is 1. The van der Waals surface area contributed by atoms with Crippen LogP contribution in [0.15, 0.2) is 47.4 Å². The van der Waals surface area contributed by atoms with Crippen LogP contribution in [-0.4, -0.2) is 47.8 Å². The topological polar surface area (TPSA) is 181 Å². The lowest BCUT2D eigenvalue weighted by Crippen LogP contribution is -2.45. The number of nitrogens with one attached hydrogen (secondary N) is 2. The van der Waals surface area contributed by atoms with Gasteiger partial charge in [-0.25, -0.2) is 18.4 Å². The van der Waals surface area contributed by atoms with Gasteiger partial charge in [0.2, 0.25) is 15.9 Å². The van der Waals surface area contributed by atoms with E-state index in [1.807, 2.05) is 20.8 Å². The molecule has 190 valence electrons. The Balaban J connectivity index is 0.000000540. The molecule has 14 heteroatoms. The number of aromatic amines is 1. The highest BCUT2D eigenvalue weighted by molar-refractivity contribution is 7.89. The molecule has 3 rings (SSSR count). The van der Waals surface area contributed by atoms with Crippen molar-refractivity contribution in [2.24, 2.45) is 16.3 Å². The monoisotopic (exact) mass is 515 g/mol. The molecule has 0 fully saturated rings. The van der Waals surface area contributed by atoms with Gasteiger partial charge in [-0.3, -0.25) is 9.89 Å². The fourth-order valence-corrected chi connectivity index (χ4v) is 3.30. The van der Waals surface area contributed by atoms with Crippen LogP contribution in [0.1, 0.15) is 20.8 Å². The number of amides is 1. The molecule has 0 bridgehead atoms. The van der Waals surface area contributed by atoms with Gasteiger partial charge in [-0.2, -0.15) is 18.3 Å². The predicted molar refractivity (Wildman–Crippen MR) is 123 cm³/mol. The van der Waals surface area contributed by atoms with E-state index in [4.69, 9.17) is 20.8 Å². The van der Waals surface area contributed by atoms with E-state index in [9.17, 15) is 26.4 Å². The minimum atomic E-state index is -5.08. The van der Waals surface area contributed by atoms with Gasteiger partial charge in [0.1, 0.15) is 5.69 Å². The Hall–Kier alpha value is -3.49. The van der Waals surface area contributed by atoms with Crippen molar-refractivity contribution in [1.82, 2.24) is 10.2 Å². The second-order valence-corrected chi connectivity index (χ2v) is 10.1. The zero-order valence-corrected chi connectivity index (χ0v) is 19.7. The molecule has 0 aliphatic rings. The van der Waals surface area contributed by atoms with Gasteiger partial charge in [0, 0.05) is 16.6 Å². The first-order valence-corrected chi connectivity index (χ1v) is 11.4. The molecule has 0 aliphatic heterocycles. The predicted octanol–water partition coefficient (Wildman–Crippen LogP) is 2.82. The molecule has 2 aromatic carbocycles. The van der Waals surface area contributed by atoms with Gasteiger partial charge in [0.25, 0.3) is 0 Å². The van der Waals surface area contributed by atoms with Gasteiger partial charge in [-0.05, 0) is 35.7 Å². The van der Waals surface area contributed by atoms with E-state index in [-0.39, 0.29) is 16.2 Å². The Morgan fingerprint density at radius 2 is 1.71 bits per heavy atom. The van der Waals surface area contributed by atoms with E-state index in [1.54, 1.807) is 30.3 Å². The quantitative estimate of drug-likeness (QED) is 0.354. The normalized spacial score (nSPS) is 13.0. The first kappa shape index (κ1) is 27.8. The maximum Gasteiger partial charge on any atom is 0.490 e. The second kappa shape index (κ2) is 10.0. The second-order valence-electron chi connectivity index (χ2n) is 8.54. The lowest BCUT2D eigenvalue weighted by molar-refractivity contribution is -0.192. The minimum Gasteiger partial charge on any atom is -0.475 e. The van der Waals surface area contributed by atoms with E-state index in [1.165, 1.54) is 12.1 Å². The number of rotatable bonds is 4. The number of hydrogen-bond acceptors (Lipinski definition) is 6. The molecule has 7 N–H and O–H groups in total. The number of hydrogen-bond donors (Lipinski definition) is 5. The van der Waals surface area contributed by atoms with Crippen LogP contribution in [0.2, 0.25) is 0 Å². The zero-order valence-electron chi connectivity index (χ0n) is 18.8. The van der Waals surface area contributed by atoms with Crippen molar-refractivity contribution in [3.05, 3.63) is 42.5 Å². The van der Waals surface area contributed by atoms with Crippen LogP contribution < -0.4 is 16.2 Å². The lowest BCUT2D eigenvalue weighted by atomic mass is 9.87. The molecule has 0 saturated heterocycles. The van der Waals surface area contributed by atoms with Gasteiger partial charge >= 0.3 is 12.1 Å².